The van der Waals surface area contributed by atoms with Crippen LogP contribution in [0.25, 0.3) is 22.9 Å². The highest BCUT2D eigenvalue weighted by Crippen LogP contribution is 2.65. The number of esters is 2. The molecule has 0 saturated carbocycles. The third-order valence-corrected chi connectivity index (χ3v) is 9.27. The molecule has 7 rings (SSSR count). The molecule has 0 fully saturated rings. The Morgan fingerprint density at radius 1 is 0.805 bits per heavy atom. The van der Waals surface area contributed by atoms with Gasteiger partial charge in [0.1, 0.15) is 11.5 Å². The molecule has 0 aliphatic heterocycles. The first-order chi connectivity index (χ1) is 19.8. The first-order valence-corrected chi connectivity index (χ1v) is 14.4. The quantitative estimate of drug-likeness (QED) is 0.188. The minimum Gasteiger partial charge on any atom is -0.426 e. The summed E-state index contributed by atoms with van der Waals surface area (Å²) in [6, 6.07) is 17.4. The Bertz CT molecular complexity index is 1840. The van der Waals surface area contributed by atoms with Crippen LogP contribution in [0.2, 0.25) is 0 Å². The lowest BCUT2D eigenvalue weighted by molar-refractivity contribution is -0.133. The van der Waals surface area contributed by atoms with Crippen LogP contribution in [-0.2, 0) is 16.0 Å². The summed E-state index contributed by atoms with van der Waals surface area (Å²) in [4.78, 5) is 25.3. The molecule has 0 spiro atoms. The molecule has 4 aromatic carbocycles. The summed E-state index contributed by atoms with van der Waals surface area (Å²) in [6.45, 7) is 13.1. The van der Waals surface area contributed by atoms with Gasteiger partial charge in [-0.1, -0.05) is 80.8 Å². The minimum atomic E-state index is -0.344. The second-order valence-electron chi connectivity index (χ2n) is 11.5. The average Bonchev–Trinajstić information content (AvgIpc) is 3.52. The van der Waals surface area contributed by atoms with Crippen molar-refractivity contribution >= 4 is 34.9 Å². The molecule has 204 valence electrons. The fourth-order valence-electron chi connectivity index (χ4n) is 7.78. The van der Waals surface area contributed by atoms with Crippen LogP contribution in [0.4, 0.5) is 0 Å². The smallest absolute Gasteiger partial charge is 0.308 e. The van der Waals surface area contributed by atoms with Crippen LogP contribution in [0.1, 0.15) is 107 Å². The third-order valence-electron chi connectivity index (χ3n) is 9.27. The highest BCUT2D eigenvalue weighted by molar-refractivity contribution is 5.88. The maximum Gasteiger partial charge on any atom is 0.308 e. The van der Waals surface area contributed by atoms with Gasteiger partial charge in [0.2, 0.25) is 0 Å². The summed E-state index contributed by atoms with van der Waals surface area (Å²) >= 11 is 0. The Labute approximate surface area is 240 Å². The number of benzene rings is 4. The van der Waals surface area contributed by atoms with Gasteiger partial charge in [-0.05, 0) is 57.0 Å². The number of carbonyl (C=O) groups excluding carboxylic acids is 2. The fourth-order valence-corrected chi connectivity index (χ4v) is 7.78. The number of rotatable bonds is 5. The summed E-state index contributed by atoms with van der Waals surface area (Å²) in [5.41, 5.74) is 10.9. The van der Waals surface area contributed by atoms with E-state index in [1.807, 2.05) is 12.2 Å². The van der Waals surface area contributed by atoms with Crippen LogP contribution in [-0.4, -0.2) is 11.9 Å². The van der Waals surface area contributed by atoms with E-state index in [-0.39, 0.29) is 29.7 Å². The lowest BCUT2D eigenvalue weighted by Crippen LogP contribution is -2.22. The highest BCUT2D eigenvalue weighted by Gasteiger charge is 2.49. The molecule has 3 unspecified atom stereocenters. The number of ether oxygens (including phenoxy) is 2. The van der Waals surface area contributed by atoms with Crippen molar-refractivity contribution in [1.82, 2.24) is 0 Å². The monoisotopic (exact) mass is 540 g/mol. The van der Waals surface area contributed by atoms with Crippen molar-refractivity contribution in [1.29, 1.82) is 0 Å². The van der Waals surface area contributed by atoms with Gasteiger partial charge >= 0.3 is 11.9 Å². The molecule has 0 radical (unpaired) electrons. The van der Waals surface area contributed by atoms with Crippen molar-refractivity contribution in [2.75, 3.05) is 0 Å². The van der Waals surface area contributed by atoms with Crippen LogP contribution in [0.15, 0.2) is 61.7 Å². The van der Waals surface area contributed by atoms with Gasteiger partial charge in [0, 0.05) is 60.3 Å². The van der Waals surface area contributed by atoms with Crippen molar-refractivity contribution in [2.45, 2.75) is 57.8 Å². The van der Waals surface area contributed by atoms with Crippen LogP contribution < -0.4 is 9.47 Å². The average molecular weight is 541 g/mol. The van der Waals surface area contributed by atoms with Gasteiger partial charge in [-0.3, -0.25) is 9.59 Å². The zero-order valence-corrected chi connectivity index (χ0v) is 23.7. The molecule has 0 heterocycles. The molecular weight excluding hydrogens is 508 g/mol. The normalized spacial score (nSPS) is 19.1. The first kappa shape index (κ1) is 25.5. The van der Waals surface area contributed by atoms with Crippen molar-refractivity contribution in [3.63, 3.8) is 0 Å². The van der Waals surface area contributed by atoms with Gasteiger partial charge < -0.3 is 9.47 Å². The Balaban J connectivity index is 1.55. The molecule has 3 aliphatic rings. The lowest BCUT2D eigenvalue weighted by Gasteiger charge is -2.35. The van der Waals surface area contributed by atoms with E-state index in [1.54, 1.807) is 0 Å². The second-order valence-corrected chi connectivity index (χ2v) is 11.5. The van der Waals surface area contributed by atoms with Gasteiger partial charge in [-0.15, -0.1) is 0 Å². The Morgan fingerprint density at radius 3 is 1.93 bits per heavy atom. The zero-order valence-electron chi connectivity index (χ0n) is 23.7. The maximum absolute atomic E-state index is 12.7. The predicted octanol–water partition coefficient (Wildman–Crippen LogP) is 8.40. The van der Waals surface area contributed by atoms with E-state index >= 15 is 0 Å². The molecule has 0 saturated heterocycles. The van der Waals surface area contributed by atoms with Crippen molar-refractivity contribution < 1.29 is 19.1 Å². The number of hydrogen-bond donors (Lipinski definition) is 0. The molecule has 0 amide bonds. The molecule has 2 bridgehead atoms. The van der Waals surface area contributed by atoms with Crippen LogP contribution in [0.3, 0.4) is 0 Å². The first-order valence-electron chi connectivity index (χ1n) is 14.4. The van der Waals surface area contributed by atoms with Gasteiger partial charge in [0.25, 0.3) is 0 Å². The van der Waals surface area contributed by atoms with E-state index in [2.05, 4.69) is 68.6 Å². The molecule has 4 heteroatoms. The van der Waals surface area contributed by atoms with E-state index in [0.717, 1.165) is 46.2 Å². The minimum absolute atomic E-state index is 0.0320. The Kier molecular flexibility index (Phi) is 5.79. The molecule has 3 atom stereocenters. The van der Waals surface area contributed by atoms with E-state index in [4.69, 9.17) is 9.47 Å². The van der Waals surface area contributed by atoms with Crippen molar-refractivity contribution in [2.24, 2.45) is 0 Å². The van der Waals surface area contributed by atoms with Crippen molar-refractivity contribution in [3.05, 3.63) is 117 Å². The number of hydrogen-bond acceptors (Lipinski definition) is 4. The van der Waals surface area contributed by atoms with E-state index < -0.39 is 0 Å². The molecule has 3 aliphatic carbocycles. The molecule has 4 nitrogen and oxygen atoms in total. The summed E-state index contributed by atoms with van der Waals surface area (Å²) in [7, 11) is 0. The second kappa shape index (κ2) is 9.31. The van der Waals surface area contributed by atoms with Crippen LogP contribution in [0, 0.1) is 0 Å². The van der Waals surface area contributed by atoms with E-state index in [1.165, 1.54) is 46.9 Å². The third kappa shape index (κ3) is 3.66. The van der Waals surface area contributed by atoms with E-state index in [0.29, 0.717) is 17.9 Å². The SMILES string of the molecule is C=Cc1cc2c(cc1C=C)C(CC)c1c(c(OC(C)=O)c3c(c1OC(C)=O)C1CC3c3cc4ccccc4cc31)C2. The highest BCUT2D eigenvalue weighted by atomic mass is 16.5. The van der Waals surface area contributed by atoms with Gasteiger partial charge in [-0.2, -0.15) is 0 Å². The molecule has 0 aromatic heterocycles. The molecule has 41 heavy (non-hydrogen) atoms. The van der Waals surface area contributed by atoms with Crippen molar-refractivity contribution in [3.8, 4) is 11.5 Å². The lowest BCUT2D eigenvalue weighted by atomic mass is 9.71. The largest absolute Gasteiger partial charge is 0.426 e. The number of carbonyl (C=O) groups is 2. The molecular formula is C37H32O4. The summed E-state index contributed by atoms with van der Waals surface area (Å²) in [5.74, 6) is 0.730. The van der Waals surface area contributed by atoms with Crippen LogP contribution >= 0.6 is 0 Å². The summed E-state index contributed by atoms with van der Waals surface area (Å²) in [5, 5.41) is 2.39. The maximum atomic E-state index is 12.7. The van der Waals surface area contributed by atoms with Gasteiger partial charge in [0.15, 0.2) is 0 Å². The Morgan fingerprint density at radius 2 is 1.37 bits per heavy atom. The molecule has 0 N–H and O–H groups in total. The predicted molar refractivity (Wildman–Crippen MR) is 163 cm³/mol. The fraction of sp³-hybridized carbons (Fsp3) is 0.243. The van der Waals surface area contributed by atoms with Gasteiger partial charge in [0.05, 0.1) is 0 Å². The number of fused-ring (bicyclic) bond motifs is 11. The molecule has 4 aromatic rings. The van der Waals surface area contributed by atoms with E-state index in [9.17, 15) is 9.59 Å². The van der Waals surface area contributed by atoms with Gasteiger partial charge in [-0.25, -0.2) is 0 Å². The summed E-state index contributed by atoms with van der Waals surface area (Å²) in [6.07, 6.45) is 5.96. The topological polar surface area (TPSA) is 52.6 Å². The zero-order chi connectivity index (χ0) is 28.6. The van der Waals surface area contributed by atoms with Crippen LogP contribution in [0.5, 0.6) is 11.5 Å². The Hall–Kier alpha value is -4.44. The summed E-state index contributed by atoms with van der Waals surface area (Å²) < 4.78 is 12.4. The standard InChI is InChI=1S/C37H32O4/c1-6-21-13-25-17-32-33(26(8-3)27(25)14-22(21)7-2)37(41-20(5)39)35-31-18-30(34(35)36(32)40-19(4)38)28-15-23-11-9-10-12-24(23)16-29(28)31/h6-7,9-16,26,30-31H,1-2,8,17-18H2,3-5H3.